The highest BCUT2D eigenvalue weighted by Crippen LogP contribution is 1.99. The van der Waals surface area contributed by atoms with E-state index in [0.717, 1.165) is 6.42 Å². The fraction of sp³-hybridized carbons (Fsp3) is 0.750. The molecule has 0 atom stereocenters. The molecule has 0 spiro atoms. The smallest absolute Gasteiger partial charge is 0.0281 e. The zero-order valence-corrected chi connectivity index (χ0v) is 6.65. The minimum atomic E-state index is -0.130. The number of hydrogen-bond donors (Lipinski definition) is 1. The summed E-state index contributed by atoms with van der Waals surface area (Å²) in [5.74, 6) is 0. The van der Waals surface area contributed by atoms with E-state index < -0.39 is 0 Å². The summed E-state index contributed by atoms with van der Waals surface area (Å²) in [4.78, 5) is 0. The van der Waals surface area contributed by atoms with E-state index in [1.165, 1.54) is 6.42 Å². The topological polar surface area (TPSA) is 26.0 Å². The summed E-state index contributed by atoms with van der Waals surface area (Å²) in [6, 6.07) is 0. The van der Waals surface area contributed by atoms with E-state index in [2.05, 4.69) is 19.1 Å². The SMILES string of the molecule is CCCC=CC(C)(C)N. The van der Waals surface area contributed by atoms with Gasteiger partial charge in [-0.05, 0) is 20.3 Å². The molecule has 0 aromatic rings. The summed E-state index contributed by atoms with van der Waals surface area (Å²) in [5, 5.41) is 0. The Morgan fingerprint density at radius 1 is 1.44 bits per heavy atom. The van der Waals surface area contributed by atoms with Crippen molar-refractivity contribution in [2.75, 3.05) is 0 Å². The molecule has 0 aromatic carbocycles. The number of rotatable bonds is 3. The Hall–Kier alpha value is -0.300. The maximum absolute atomic E-state index is 5.69. The lowest BCUT2D eigenvalue weighted by atomic mass is 10.1. The van der Waals surface area contributed by atoms with Crippen LogP contribution >= 0.6 is 0 Å². The molecule has 0 amide bonds. The average molecular weight is 127 g/mol. The summed E-state index contributed by atoms with van der Waals surface area (Å²) in [7, 11) is 0. The van der Waals surface area contributed by atoms with Crippen LogP contribution in [0.5, 0.6) is 0 Å². The van der Waals surface area contributed by atoms with Crippen LogP contribution in [0.3, 0.4) is 0 Å². The summed E-state index contributed by atoms with van der Waals surface area (Å²) in [5.41, 5.74) is 5.56. The molecule has 0 unspecified atom stereocenters. The Labute approximate surface area is 57.9 Å². The van der Waals surface area contributed by atoms with Gasteiger partial charge in [-0.2, -0.15) is 0 Å². The molecule has 0 aliphatic heterocycles. The van der Waals surface area contributed by atoms with Crippen LogP contribution in [-0.2, 0) is 0 Å². The minimum Gasteiger partial charge on any atom is -0.322 e. The van der Waals surface area contributed by atoms with Crippen molar-refractivity contribution in [2.45, 2.75) is 39.2 Å². The molecule has 0 saturated carbocycles. The third-order valence-corrected chi connectivity index (χ3v) is 1.00. The van der Waals surface area contributed by atoms with E-state index >= 15 is 0 Å². The number of nitrogens with two attached hydrogens (primary N) is 1. The Kier molecular flexibility index (Phi) is 3.55. The van der Waals surface area contributed by atoms with Crippen LogP contribution in [0.25, 0.3) is 0 Å². The first kappa shape index (κ1) is 8.70. The Morgan fingerprint density at radius 3 is 2.33 bits per heavy atom. The molecule has 0 rings (SSSR count). The fourth-order valence-electron chi connectivity index (χ4n) is 0.554. The van der Waals surface area contributed by atoms with Crippen molar-refractivity contribution in [1.82, 2.24) is 0 Å². The predicted octanol–water partition coefficient (Wildman–Crippen LogP) is 2.08. The van der Waals surface area contributed by atoms with Crippen molar-refractivity contribution < 1.29 is 0 Å². The van der Waals surface area contributed by atoms with E-state index in [4.69, 9.17) is 5.73 Å². The molecule has 0 bridgehead atoms. The molecule has 0 saturated heterocycles. The highest BCUT2D eigenvalue weighted by molar-refractivity contribution is 4.98. The summed E-state index contributed by atoms with van der Waals surface area (Å²) >= 11 is 0. The molecule has 1 nitrogen and oxygen atoms in total. The van der Waals surface area contributed by atoms with Gasteiger partial charge in [0, 0.05) is 5.54 Å². The van der Waals surface area contributed by atoms with Gasteiger partial charge in [0.25, 0.3) is 0 Å². The lowest BCUT2D eigenvalue weighted by molar-refractivity contribution is 0.650. The zero-order chi connectivity index (χ0) is 7.33. The summed E-state index contributed by atoms with van der Waals surface area (Å²) in [6.45, 7) is 6.16. The normalized spacial score (nSPS) is 12.9. The maximum Gasteiger partial charge on any atom is 0.0281 e. The Morgan fingerprint density at radius 2 is 2.00 bits per heavy atom. The van der Waals surface area contributed by atoms with Gasteiger partial charge in [0.1, 0.15) is 0 Å². The van der Waals surface area contributed by atoms with Crippen molar-refractivity contribution >= 4 is 0 Å². The van der Waals surface area contributed by atoms with Gasteiger partial charge >= 0.3 is 0 Å². The lowest BCUT2D eigenvalue weighted by Gasteiger charge is -2.10. The predicted molar refractivity (Wildman–Crippen MR) is 42.3 cm³/mol. The summed E-state index contributed by atoms with van der Waals surface area (Å²) < 4.78 is 0. The van der Waals surface area contributed by atoms with Gasteiger partial charge in [0.15, 0.2) is 0 Å². The molecule has 0 fully saturated rings. The molecule has 0 aromatic heterocycles. The quantitative estimate of drug-likeness (QED) is 0.577. The van der Waals surface area contributed by atoms with Crippen LogP contribution in [0.2, 0.25) is 0 Å². The van der Waals surface area contributed by atoms with Crippen molar-refractivity contribution in [3.8, 4) is 0 Å². The first-order chi connectivity index (χ1) is 4.06. The Balaban J connectivity index is 3.45. The van der Waals surface area contributed by atoms with Gasteiger partial charge in [0.05, 0.1) is 0 Å². The molecule has 9 heavy (non-hydrogen) atoms. The second-order valence-corrected chi connectivity index (χ2v) is 3.01. The monoisotopic (exact) mass is 127 g/mol. The average Bonchev–Trinajstić information content (AvgIpc) is 1.63. The van der Waals surface area contributed by atoms with Crippen LogP contribution in [0.15, 0.2) is 12.2 Å². The van der Waals surface area contributed by atoms with Gasteiger partial charge in [0.2, 0.25) is 0 Å². The fourth-order valence-corrected chi connectivity index (χ4v) is 0.554. The second-order valence-electron chi connectivity index (χ2n) is 3.01. The molecule has 0 aliphatic carbocycles. The first-order valence-corrected chi connectivity index (χ1v) is 3.53. The van der Waals surface area contributed by atoms with Crippen LogP contribution in [0.1, 0.15) is 33.6 Å². The van der Waals surface area contributed by atoms with E-state index in [1.807, 2.05) is 13.8 Å². The van der Waals surface area contributed by atoms with Crippen molar-refractivity contribution in [1.29, 1.82) is 0 Å². The molecule has 0 radical (unpaired) electrons. The van der Waals surface area contributed by atoms with E-state index in [0.29, 0.717) is 0 Å². The van der Waals surface area contributed by atoms with Gasteiger partial charge in [-0.15, -0.1) is 0 Å². The molecular formula is C8H17N. The van der Waals surface area contributed by atoms with Gasteiger partial charge in [-0.25, -0.2) is 0 Å². The van der Waals surface area contributed by atoms with Crippen LogP contribution in [0, 0.1) is 0 Å². The van der Waals surface area contributed by atoms with Crippen molar-refractivity contribution in [3.05, 3.63) is 12.2 Å². The third-order valence-electron chi connectivity index (χ3n) is 1.00. The minimum absolute atomic E-state index is 0.130. The first-order valence-electron chi connectivity index (χ1n) is 3.53. The third kappa shape index (κ3) is 7.70. The van der Waals surface area contributed by atoms with E-state index in [1.54, 1.807) is 0 Å². The standard InChI is InChI=1S/C8H17N/c1-4-5-6-7-8(2,3)9/h6-7H,4-5,9H2,1-3H3. The zero-order valence-electron chi connectivity index (χ0n) is 6.65. The van der Waals surface area contributed by atoms with E-state index in [-0.39, 0.29) is 5.54 Å². The highest BCUT2D eigenvalue weighted by atomic mass is 14.7. The highest BCUT2D eigenvalue weighted by Gasteiger charge is 2.01. The van der Waals surface area contributed by atoms with Crippen LogP contribution in [0.4, 0.5) is 0 Å². The van der Waals surface area contributed by atoms with Crippen LogP contribution in [-0.4, -0.2) is 5.54 Å². The van der Waals surface area contributed by atoms with Gasteiger partial charge in [-0.3, -0.25) is 0 Å². The van der Waals surface area contributed by atoms with Gasteiger partial charge in [-0.1, -0.05) is 25.5 Å². The number of unbranched alkanes of at least 4 members (excludes halogenated alkanes) is 1. The molecule has 0 aliphatic rings. The molecule has 2 N–H and O–H groups in total. The lowest BCUT2D eigenvalue weighted by Crippen LogP contribution is -2.28. The molecule has 54 valence electrons. The molecule has 1 heteroatoms. The Bertz CT molecular complexity index is 87.2. The largest absolute Gasteiger partial charge is 0.322 e. The second kappa shape index (κ2) is 3.67. The van der Waals surface area contributed by atoms with Gasteiger partial charge < -0.3 is 5.73 Å². The molecule has 0 heterocycles. The van der Waals surface area contributed by atoms with Crippen molar-refractivity contribution in [2.24, 2.45) is 5.73 Å². The maximum atomic E-state index is 5.69. The van der Waals surface area contributed by atoms with E-state index in [9.17, 15) is 0 Å². The number of hydrogen-bond acceptors (Lipinski definition) is 1. The summed E-state index contributed by atoms with van der Waals surface area (Å²) in [6.07, 6.45) is 6.53. The molecular weight excluding hydrogens is 110 g/mol. The van der Waals surface area contributed by atoms with Crippen molar-refractivity contribution in [3.63, 3.8) is 0 Å². The number of allylic oxidation sites excluding steroid dienone is 1. The van der Waals surface area contributed by atoms with Crippen LogP contribution < -0.4 is 5.73 Å².